The van der Waals surface area contributed by atoms with Crippen LogP contribution in [-0.4, -0.2) is 11.1 Å². The molecule has 0 unspecified atom stereocenters. The molecule has 0 aliphatic rings. The number of aliphatic hydroxyl groups is 1. The Morgan fingerprint density at radius 1 is 1.31 bits per heavy atom. The van der Waals surface area contributed by atoms with Crippen LogP contribution in [0.3, 0.4) is 0 Å². The number of aliphatic hydroxyl groups excluding tert-OH is 1. The summed E-state index contributed by atoms with van der Waals surface area (Å²) < 4.78 is 37.7. The van der Waals surface area contributed by atoms with Crippen molar-refractivity contribution < 1.29 is 18.3 Å². The van der Waals surface area contributed by atoms with Gasteiger partial charge in [0.2, 0.25) is 0 Å². The molecule has 90 valence electrons. The topological polar surface area (TPSA) is 46.2 Å². The molecule has 1 rings (SSSR count). The molecule has 0 aliphatic heterocycles. The summed E-state index contributed by atoms with van der Waals surface area (Å²) >= 11 is 0. The zero-order valence-corrected chi connectivity index (χ0v) is 9.05. The van der Waals surface area contributed by atoms with Gasteiger partial charge < -0.3 is 10.8 Å². The highest BCUT2D eigenvalue weighted by atomic mass is 19.4. The molecule has 0 fully saturated rings. The predicted molar refractivity (Wildman–Crippen MR) is 54.8 cm³/mol. The summed E-state index contributed by atoms with van der Waals surface area (Å²) in [5.74, 6) is 0. The Hall–Kier alpha value is -1.07. The van der Waals surface area contributed by atoms with Crippen LogP contribution in [0.15, 0.2) is 18.2 Å². The summed E-state index contributed by atoms with van der Waals surface area (Å²) in [6.07, 6.45) is -5.49. The molecule has 1 aromatic carbocycles. The van der Waals surface area contributed by atoms with Crippen LogP contribution >= 0.6 is 0 Å². The van der Waals surface area contributed by atoms with E-state index in [-0.39, 0.29) is 11.1 Å². The number of rotatable bonds is 2. The fourth-order valence-electron chi connectivity index (χ4n) is 1.43. The van der Waals surface area contributed by atoms with Crippen LogP contribution in [0.2, 0.25) is 0 Å². The number of aryl methyl sites for hydroxylation is 1. The number of alkyl halides is 3. The molecule has 0 aromatic heterocycles. The Labute approximate surface area is 91.9 Å². The molecule has 0 amide bonds. The molecule has 0 saturated heterocycles. The van der Waals surface area contributed by atoms with Gasteiger partial charge in [-0.3, -0.25) is 0 Å². The number of hydrogen-bond donors (Lipinski definition) is 2. The fraction of sp³-hybridized carbons (Fsp3) is 0.455. The number of benzene rings is 1. The second-order valence-corrected chi connectivity index (χ2v) is 3.88. The van der Waals surface area contributed by atoms with Gasteiger partial charge in [-0.05, 0) is 31.0 Å². The van der Waals surface area contributed by atoms with Crippen molar-refractivity contribution in [2.75, 3.05) is 0 Å². The van der Waals surface area contributed by atoms with E-state index < -0.39 is 23.9 Å². The maximum atomic E-state index is 12.6. The highest BCUT2D eigenvalue weighted by molar-refractivity contribution is 5.34. The number of halogens is 3. The van der Waals surface area contributed by atoms with Crippen molar-refractivity contribution >= 4 is 0 Å². The SMILES string of the molecule is Cc1ccc([C@@H](O)[C@H](C)N)cc1C(F)(F)F. The van der Waals surface area contributed by atoms with Crippen molar-refractivity contribution in [1.82, 2.24) is 0 Å². The minimum atomic E-state index is -4.41. The normalized spacial score (nSPS) is 15.9. The monoisotopic (exact) mass is 233 g/mol. The van der Waals surface area contributed by atoms with E-state index >= 15 is 0 Å². The van der Waals surface area contributed by atoms with Crippen LogP contribution in [0.1, 0.15) is 29.7 Å². The molecule has 0 saturated carbocycles. The van der Waals surface area contributed by atoms with Crippen molar-refractivity contribution in [2.24, 2.45) is 5.73 Å². The van der Waals surface area contributed by atoms with Gasteiger partial charge in [0.15, 0.2) is 0 Å². The molecule has 5 heteroatoms. The quantitative estimate of drug-likeness (QED) is 0.823. The van der Waals surface area contributed by atoms with E-state index in [9.17, 15) is 18.3 Å². The molecule has 3 N–H and O–H groups in total. The summed E-state index contributed by atoms with van der Waals surface area (Å²) in [5, 5.41) is 9.59. The maximum absolute atomic E-state index is 12.6. The Kier molecular flexibility index (Phi) is 3.60. The summed E-state index contributed by atoms with van der Waals surface area (Å²) in [5.41, 5.74) is 5.02. The van der Waals surface area contributed by atoms with E-state index in [1.165, 1.54) is 26.0 Å². The van der Waals surface area contributed by atoms with Gasteiger partial charge in [-0.1, -0.05) is 12.1 Å². The maximum Gasteiger partial charge on any atom is 0.416 e. The van der Waals surface area contributed by atoms with Gasteiger partial charge >= 0.3 is 6.18 Å². The first-order valence-electron chi connectivity index (χ1n) is 4.85. The first-order chi connectivity index (χ1) is 7.23. The van der Waals surface area contributed by atoms with Gasteiger partial charge in [0.1, 0.15) is 0 Å². The van der Waals surface area contributed by atoms with E-state index in [1.807, 2.05) is 0 Å². The lowest BCUT2D eigenvalue weighted by Gasteiger charge is -2.18. The third kappa shape index (κ3) is 2.74. The Morgan fingerprint density at radius 2 is 1.88 bits per heavy atom. The summed E-state index contributed by atoms with van der Waals surface area (Å²) in [6, 6.07) is 3.13. The molecule has 0 aliphatic carbocycles. The molecule has 0 radical (unpaired) electrons. The molecule has 16 heavy (non-hydrogen) atoms. The van der Waals surface area contributed by atoms with E-state index in [2.05, 4.69) is 0 Å². The van der Waals surface area contributed by atoms with Gasteiger partial charge in [0.25, 0.3) is 0 Å². The average molecular weight is 233 g/mol. The fourth-order valence-corrected chi connectivity index (χ4v) is 1.43. The summed E-state index contributed by atoms with van der Waals surface area (Å²) in [6.45, 7) is 2.92. The van der Waals surface area contributed by atoms with Crippen LogP contribution in [0.4, 0.5) is 13.2 Å². The van der Waals surface area contributed by atoms with E-state index in [0.717, 1.165) is 6.07 Å². The second-order valence-electron chi connectivity index (χ2n) is 3.88. The second kappa shape index (κ2) is 4.43. The smallest absolute Gasteiger partial charge is 0.387 e. The largest absolute Gasteiger partial charge is 0.416 e. The van der Waals surface area contributed by atoms with Crippen LogP contribution in [0.5, 0.6) is 0 Å². The van der Waals surface area contributed by atoms with Crippen LogP contribution in [0.25, 0.3) is 0 Å². The van der Waals surface area contributed by atoms with Crippen LogP contribution in [0, 0.1) is 6.92 Å². The Bertz CT molecular complexity index is 374. The van der Waals surface area contributed by atoms with Crippen LogP contribution < -0.4 is 5.73 Å². The summed E-state index contributed by atoms with van der Waals surface area (Å²) in [7, 11) is 0. The molecule has 0 spiro atoms. The lowest BCUT2D eigenvalue weighted by Crippen LogP contribution is -2.24. The lowest BCUT2D eigenvalue weighted by molar-refractivity contribution is -0.138. The van der Waals surface area contributed by atoms with Crippen molar-refractivity contribution in [3.63, 3.8) is 0 Å². The standard InChI is InChI=1S/C11H14F3NO/c1-6-3-4-8(10(16)7(2)15)5-9(6)11(12,13)14/h3-5,7,10,16H,15H2,1-2H3/t7-,10-/m0/s1. The van der Waals surface area contributed by atoms with E-state index in [0.29, 0.717) is 0 Å². The highest BCUT2D eigenvalue weighted by Gasteiger charge is 2.33. The number of nitrogens with two attached hydrogens (primary N) is 1. The third-order valence-electron chi connectivity index (χ3n) is 2.41. The van der Waals surface area contributed by atoms with Gasteiger partial charge in [-0.25, -0.2) is 0 Å². The van der Waals surface area contributed by atoms with Gasteiger partial charge in [0, 0.05) is 6.04 Å². The van der Waals surface area contributed by atoms with Gasteiger partial charge in [0.05, 0.1) is 11.7 Å². The van der Waals surface area contributed by atoms with Crippen molar-refractivity contribution in [3.8, 4) is 0 Å². The van der Waals surface area contributed by atoms with Crippen molar-refractivity contribution in [3.05, 3.63) is 34.9 Å². The third-order valence-corrected chi connectivity index (χ3v) is 2.41. The predicted octanol–water partition coefficient (Wildman–Crippen LogP) is 2.39. The first-order valence-corrected chi connectivity index (χ1v) is 4.85. The zero-order chi connectivity index (χ0) is 12.5. The molecule has 0 bridgehead atoms. The van der Waals surface area contributed by atoms with Gasteiger partial charge in [-0.2, -0.15) is 13.2 Å². The molecule has 2 atom stereocenters. The average Bonchev–Trinajstić information content (AvgIpc) is 2.15. The Morgan fingerprint density at radius 3 is 2.31 bits per heavy atom. The first kappa shape index (κ1) is 13.0. The van der Waals surface area contributed by atoms with E-state index in [1.54, 1.807) is 0 Å². The van der Waals surface area contributed by atoms with Crippen LogP contribution in [-0.2, 0) is 6.18 Å². The zero-order valence-electron chi connectivity index (χ0n) is 9.05. The van der Waals surface area contributed by atoms with Crippen molar-refractivity contribution in [2.45, 2.75) is 32.2 Å². The molecule has 1 aromatic rings. The summed E-state index contributed by atoms with van der Waals surface area (Å²) in [4.78, 5) is 0. The Balaban J connectivity index is 3.18. The van der Waals surface area contributed by atoms with Gasteiger partial charge in [-0.15, -0.1) is 0 Å². The van der Waals surface area contributed by atoms with E-state index in [4.69, 9.17) is 5.73 Å². The van der Waals surface area contributed by atoms with Crippen molar-refractivity contribution in [1.29, 1.82) is 0 Å². The minimum Gasteiger partial charge on any atom is -0.387 e. The molecular formula is C11H14F3NO. The lowest BCUT2D eigenvalue weighted by atomic mass is 9.98. The molecule has 0 heterocycles. The molecule has 2 nitrogen and oxygen atoms in total. The number of hydrogen-bond acceptors (Lipinski definition) is 2. The highest BCUT2D eigenvalue weighted by Crippen LogP contribution is 2.33. The minimum absolute atomic E-state index is 0.133. The molecular weight excluding hydrogens is 219 g/mol.